The third-order valence-corrected chi connectivity index (χ3v) is 2.82. The van der Waals surface area contributed by atoms with Crippen LogP contribution in [-0.2, 0) is 6.42 Å². The Kier molecular flexibility index (Phi) is 3.11. The fourth-order valence-electron chi connectivity index (χ4n) is 2.11. The standard InChI is InChI=1S/C12H18N2O/c1-3-13-10-7-9-5-4-6-11(15-2)12(9)14-8-10/h4-6,10,13-14H,3,7-8H2,1-2H3. The highest BCUT2D eigenvalue weighted by atomic mass is 16.5. The van der Waals surface area contributed by atoms with Crippen molar-refractivity contribution < 1.29 is 4.74 Å². The van der Waals surface area contributed by atoms with E-state index in [1.807, 2.05) is 12.1 Å². The SMILES string of the molecule is CCNC1CNc2c(cccc2OC)C1. The molecule has 0 saturated heterocycles. The molecule has 15 heavy (non-hydrogen) atoms. The van der Waals surface area contributed by atoms with Crippen LogP contribution in [0.3, 0.4) is 0 Å². The highest BCUT2D eigenvalue weighted by Crippen LogP contribution is 2.31. The lowest BCUT2D eigenvalue weighted by molar-refractivity contribution is 0.413. The Balaban J connectivity index is 2.20. The lowest BCUT2D eigenvalue weighted by Crippen LogP contribution is -2.40. The van der Waals surface area contributed by atoms with Gasteiger partial charge in [-0.05, 0) is 24.6 Å². The summed E-state index contributed by atoms with van der Waals surface area (Å²) in [6, 6.07) is 6.75. The zero-order valence-corrected chi connectivity index (χ0v) is 9.34. The minimum absolute atomic E-state index is 0.537. The van der Waals surface area contributed by atoms with Crippen LogP contribution in [0, 0.1) is 0 Å². The summed E-state index contributed by atoms with van der Waals surface area (Å²) in [5.41, 5.74) is 2.50. The minimum Gasteiger partial charge on any atom is -0.495 e. The van der Waals surface area contributed by atoms with Crippen molar-refractivity contribution in [2.45, 2.75) is 19.4 Å². The third kappa shape index (κ3) is 2.07. The van der Waals surface area contributed by atoms with E-state index in [4.69, 9.17) is 4.74 Å². The summed E-state index contributed by atoms with van der Waals surface area (Å²) >= 11 is 0. The summed E-state index contributed by atoms with van der Waals surface area (Å²) in [5.74, 6) is 0.947. The van der Waals surface area contributed by atoms with Crippen LogP contribution in [0.15, 0.2) is 18.2 Å². The number of benzene rings is 1. The van der Waals surface area contributed by atoms with Crippen LogP contribution in [0.2, 0.25) is 0 Å². The topological polar surface area (TPSA) is 33.3 Å². The van der Waals surface area contributed by atoms with E-state index in [1.165, 1.54) is 5.56 Å². The molecule has 0 bridgehead atoms. The van der Waals surface area contributed by atoms with Crippen LogP contribution in [0.4, 0.5) is 5.69 Å². The number of nitrogens with one attached hydrogen (secondary N) is 2. The van der Waals surface area contributed by atoms with Crippen LogP contribution >= 0.6 is 0 Å². The van der Waals surface area contributed by atoms with Gasteiger partial charge in [0.2, 0.25) is 0 Å². The van der Waals surface area contributed by atoms with Crippen LogP contribution in [-0.4, -0.2) is 26.2 Å². The summed E-state index contributed by atoms with van der Waals surface area (Å²) in [5, 5.41) is 6.89. The van der Waals surface area contributed by atoms with Gasteiger partial charge in [-0.2, -0.15) is 0 Å². The van der Waals surface area contributed by atoms with Gasteiger partial charge < -0.3 is 15.4 Å². The smallest absolute Gasteiger partial charge is 0.142 e. The summed E-state index contributed by atoms with van der Waals surface area (Å²) in [6.45, 7) is 4.13. The van der Waals surface area contributed by atoms with E-state index < -0.39 is 0 Å². The molecule has 1 aromatic rings. The van der Waals surface area contributed by atoms with Crippen LogP contribution in [0.1, 0.15) is 12.5 Å². The molecule has 1 aliphatic heterocycles. The van der Waals surface area contributed by atoms with Crippen molar-refractivity contribution in [3.8, 4) is 5.75 Å². The molecule has 1 atom stereocenters. The van der Waals surface area contributed by atoms with E-state index in [9.17, 15) is 0 Å². The van der Waals surface area contributed by atoms with Crippen LogP contribution in [0.5, 0.6) is 5.75 Å². The normalized spacial score (nSPS) is 19.2. The number of methoxy groups -OCH3 is 1. The Morgan fingerprint density at radius 2 is 2.40 bits per heavy atom. The molecule has 1 heterocycles. The molecule has 0 radical (unpaired) electrons. The Labute approximate surface area is 90.8 Å². The number of hydrogen-bond donors (Lipinski definition) is 2. The first-order chi connectivity index (χ1) is 7.35. The Morgan fingerprint density at radius 1 is 1.53 bits per heavy atom. The second-order valence-electron chi connectivity index (χ2n) is 3.83. The van der Waals surface area contributed by atoms with Gasteiger partial charge in [-0.3, -0.25) is 0 Å². The van der Waals surface area contributed by atoms with Crippen LogP contribution in [0.25, 0.3) is 0 Å². The van der Waals surface area contributed by atoms with Crippen LogP contribution < -0.4 is 15.4 Å². The number of rotatable bonds is 3. The van der Waals surface area contributed by atoms with Gasteiger partial charge in [0.15, 0.2) is 0 Å². The summed E-state index contributed by atoms with van der Waals surface area (Å²) in [6.07, 6.45) is 1.08. The predicted octanol–water partition coefficient (Wildman–Crippen LogP) is 1.64. The molecular formula is C12H18N2O. The first-order valence-electron chi connectivity index (χ1n) is 5.48. The molecule has 1 unspecified atom stereocenters. The summed E-state index contributed by atoms with van der Waals surface area (Å²) in [4.78, 5) is 0. The average molecular weight is 206 g/mol. The van der Waals surface area contributed by atoms with Crippen molar-refractivity contribution in [1.82, 2.24) is 5.32 Å². The maximum atomic E-state index is 5.32. The average Bonchev–Trinajstić information content (AvgIpc) is 2.28. The second-order valence-corrected chi connectivity index (χ2v) is 3.83. The zero-order valence-electron chi connectivity index (χ0n) is 9.34. The first kappa shape index (κ1) is 10.3. The van der Waals surface area contributed by atoms with Gasteiger partial charge in [0.1, 0.15) is 5.75 Å². The predicted molar refractivity (Wildman–Crippen MR) is 62.7 cm³/mol. The summed E-state index contributed by atoms with van der Waals surface area (Å²) < 4.78 is 5.32. The van der Waals surface area contributed by atoms with E-state index in [0.29, 0.717) is 6.04 Å². The molecule has 2 N–H and O–H groups in total. The lowest BCUT2D eigenvalue weighted by Gasteiger charge is -2.27. The zero-order chi connectivity index (χ0) is 10.7. The molecule has 2 rings (SSSR count). The maximum absolute atomic E-state index is 5.32. The molecule has 0 saturated carbocycles. The molecule has 3 nitrogen and oxygen atoms in total. The lowest BCUT2D eigenvalue weighted by atomic mass is 9.99. The largest absolute Gasteiger partial charge is 0.495 e. The molecule has 0 aromatic heterocycles. The quantitative estimate of drug-likeness (QED) is 0.789. The highest BCUT2D eigenvalue weighted by molar-refractivity contribution is 5.63. The van der Waals surface area contributed by atoms with E-state index in [0.717, 1.165) is 30.9 Å². The molecule has 3 heteroatoms. The third-order valence-electron chi connectivity index (χ3n) is 2.82. The minimum atomic E-state index is 0.537. The molecule has 1 aromatic carbocycles. The van der Waals surface area contributed by atoms with Gasteiger partial charge in [0, 0.05) is 12.6 Å². The number of para-hydroxylation sites is 1. The van der Waals surface area contributed by atoms with Gasteiger partial charge in [-0.1, -0.05) is 19.1 Å². The van der Waals surface area contributed by atoms with Crippen molar-refractivity contribution in [3.63, 3.8) is 0 Å². The number of ether oxygens (including phenoxy) is 1. The van der Waals surface area contributed by atoms with Gasteiger partial charge in [0.05, 0.1) is 12.8 Å². The molecule has 0 amide bonds. The number of likely N-dealkylation sites (N-methyl/N-ethyl adjacent to an activating group) is 1. The van der Waals surface area contributed by atoms with Crippen molar-refractivity contribution in [2.75, 3.05) is 25.5 Å². The molecule has 82 valence electrons. The fraction of sp³-hybridized carbons (Fsp3) is 0.500. The van der Waals surface area contributed by atoms with Gasteiger partial charge in [-0.15, -0.1) is 0 Å². The molecule has 0 spiro atoms. The number of fused-ring (bicyclic) bond motifs is 1. The van der Waals surface area contributed by atoms with Gasteiger partial charge in [-0.25, -0.2) is 0 Å². The monoisotopic (exact) mass is 206 g/mol. The molecule has 1 aliphatic rings. The molecule has 0 aliphatic carbocycles. The van der Waals surface area contributed by atoms with E-state index >= 15 is 0 Å². The molecule has 0 fully saturated rings. The molecular weight excluding hydrogens is 188 g/mol. The van der Waals surface area contributed by atoms with Gasteiger partial charge >= 0.3 is 0 Å². The van der Waals surface area contributed by atoms with E-state index in [2.05, 4.69) is 23.6 Å². The second kappa shape index (κ2) is 4.53. The van der Waals surface area contributed by atoms with Gasteiger partial charge in [0.25, 0.3) is 0 Å². The van der Waals surface area contributed by atoms with Crippen molar-refractivity contribution >= 4 is 5.69 Å². The van der Waals surface area contributed by atoms with Crippen molar-refractivity contribution in [2.24, 2.45) is 0 Å². The summed E-state index contributed by atoms with van der Waals surface area (Å²) in [7, 11) is 1.72. The Morgan fingerprint density at radius 3 is 3.13 bits per heavy atom. The first-order valence-corrected chi connectivity index (χ1v) is 5.48. The maximum Gasteiger partial charge on any atom is 0.142 e. The van der Waals surface area contributed by atoms with Crippen molar-refractivity contribution in [3.05, 3.63) is 23.8 Å². The number of anilines is 1. The van der Waals surface area contributed by atoms with E-state index in [1.54, 1.807) is 7.11 Å². The fourth-order valence-corrected chi connectivity index (χ4v) is 2.11. The van der Waals surface area contributed by atoms with E-state index in [-0.39, 0.29) is 0 Å². The Bertz CT molecular complexity index is 338. The highest BCUT2D eigenvalue weighted by Gasteiger charge is 2.19. The van der Waals surface area contributed by atoms with Crippen molar-refractivity contribution in [1.29, 1.82) is 0 Å². The number of hydrogen-bond acceptors (Lipinski definition) is 3. The Hall–Kier alpha value is -1.22.